The molecule has 0 amide bonds. The van der Waals surface area contributed by atoms with E-state index < -0.39 is 0 Å². The molecule has 1 N–H and O–H groups in total. The molecule has 0 aliphatic carbocycles. The van der Waals surface area contributed by atoms with Crippen LogP contribution in [0, 0.1) is 0 Å². The summed E-state index contributed by atoms with van der Waals surface area (Å²) in [6, 6.07) is 8.71. The van der Waals surface area contributed by atoms with Crippen LogP contribution in [0.3, 0.4) is 0 Å². The van der Waals surface area contributed by atoms with Crippen LogP contribution in [0.5, 0.6) is 0 Å². The number of rotatable bonds is 6. The van der Waals surface area contributed by atoms with Gasteiger partial charge in [0.25, 0.3) is 0 Å². The Morgan fingerprint density at radius 2 is 2.00 bits per heavy atom. The maximum Gasteiger partial charge on any atom is 0.0952 e. The molecule has 0 bridgehead atoms. The maximum atomic E-state index is 5.93. The van der Waals surface area contributed by atoms with Crippen molar-refractivity contribution in [3.8, 4) is 0 Å². The van der Waals surface area contributed by atoms with Crippen molar-refractivity contribution in [3.63, 3.8) is 0 Å². The number of benzene rings is 1. The molecule has 1 atom stereocenters. The Hall–Kier alpha value is -0.900. The summed E-state index contributed by atoms with van der Waals surface area (Å²) in [5.74, 6) is 0. The van der Waals surface area contributed by atoms with Crippen LogP contribution in [0.15, 0.2) is 24.3 Å². The summed E-state index contributed by atoms with van der Waals surface area (Å²) < 4.78 is 5.93. The second-order valence-corrected chi connectivity index (χ2v) is 6.27. The monoisotopic (exact) mass is 288 g/mol. The minimum Gasteiger partial charge on any atom is -0.372 e. The zero-order chi connectivity index (χ0) is 14.3. The van der Waals surface area contributed by atoms with Crippen molar-refractivity contribution in [2.75, 3.05) is 39.3 Å². The highest BCUT2D eigenvalue weighted by atomic mass is 16.5. The number of likely N-dealkylation sites (tertiary alicyclic amines) is 1. The van der Waals surface area contributed by atoms with Gasteiger partial charge in [-0.3, -0.25) is 0 Å². The van der Waals surface area contributed by atoms with Crippen LogP contribution in [0.4, 0.5) is 0 Å². The zero-order valence-electron chi connectivity index (χ0n) is 13.0. The van der Waals surface area contributed by atoms with E-state index in [-0.39, 0.29) is 6.10 Å². The van der Waals surface area contributed by atoms with E-state index in [1.165, 1.54) is 56.4 Å². The normalized spacial score (nSPS) is 23.0. The first kappa shape index (κ1) is 15.0. The summed E-state index contributed by atoms with van der Waals surface area (Å²) in [6.45, 7) is 6.75. The molecule has 3 nitrogen and oxygen atoms in total. The van der Waals surface area contributed by atoms with E-state index in [1.54, 1.807) is 0 Å². The Bertz CT molecular complexity index is 429. The highest BCUT2D eigenvalue weighted by Gasteiger charge is 2.19. The van der Waals surface area contributed by atoms with Gasteiger partial charge >= 0.3 is 0 Å². The third-order valence-corrected chi connectivity index (χ3v) is 4.70. The summed E-state index contributed by atoms with van der Waals surface area (Å²) in [4.78, 5) is 2.61. The number of hydrogen-bond acceptors (Lipinski definition) is 3. The largest absolute Gasteiger partial charge is 0.372 e. The van der Waals surface area contributed by atoms with Crippen molar-refractivity contribution >= 4 is 0 Å². The molecular weight excluding hydrogens is 260 g/mol. The molecule has 0 spiro atoms. The number of nitrogens with zero attached hydrogens (tertiary/aromatic N) is 1. The molecule has 0 aromatic heterocycles. The summed E-state index contributed by atoms with van der Waals surface area (Å²) in [5, 5.41) is 3.58. The second-order valence-electron chi connectivity index (χ2n) is 6.27. The van der Waals surface area contributed by atoms with Crippen LogP contribution < -0.4 is 5.32 Å². The van der Waals surface area contributed by atoms with Crippen molar-refractivity contribution in [3.05, 3.63) is 35.4 Å². The van der Waals surface area contributed by atoms with Gasteiger partial charge in [-0.25, -0.2) is 0 Å². The second kappa shape index (κ2) is 7.92. The van der Waals surface area contributed by atoms with Gasteiger partial charge in [0.1, 0.15) is 0 Å². The first-order valence-electron chi connectivity index (χ1n) is 8.56. The summed E-state index contributed by atoms with van der Waals surface area (Å²) in [6.07, 6.45) is 6.74. The van der Waals surface area contributed by atoms with E-state index in [0.717, 1.165) is 26.1 Å². The van der Waals surface area contributed by atoms with Gasteiger partial charge in [-0.2, -0.15) is 0 Å². The topological polar surface area (TPSA) is 24.5 Å². The van der Waals surface area contributed by atoms with Crippen LogP contribution in [-0.4, -0.2) is 44.2 Å². The van der Waals surface area contributed by atoms with Gasteiger partial charge < -0.3 is 15.0 Å². The number of nitrogens with one attached hydrogen (secondary N) is 1. The van der Waals surface area contributed by atoms with Crippen molar-refractivity contribution < 1.29 is 4.74 Å². The van der Waals surface area contributed by atoms with E-state index in [1.807, 2.05) is 0 Å². The number of fused-ring (bicyclic) bond motifs is 1. The van der Waals surface area contributed by atoms with E-state index >= 15 is 0 Å². The average molecular weight is 288 g/mol. The highest BCUT2D eigenvalue weighted by Crippen LogP contribution is 2.26. The van der Waals surface area contributed by atoms with Gasteiger partial charge in [-0.1, -0.05) is 30.7 Å². The Kier molecular flexibility index (Phi) is 5.67. The predicted molar refractivity (Wildman–Crippen MR) is 86.6 cm³/mol. The fourth-order valence-electron chi connectivity index (χ4n) is 3.49. The highest BCUT2D eigenvalue weighted by molar-refractivity contribution is 5.31. The summed E-state index contributed by atoms with van der Waals surface area (Å²) in [7, 11) is 0. The first-order valence-corrected chi connectivity index (χ1v) is 8.56. The van der Waals surface area contributed by atoms with Gasteiger partial charge in [-0.05, 0) is 63.0 Å². The Balaban J connectivity index is 1.36. The van der Waals surface area contributed by atoms with Crippen LogP contribution >= 0.6 is 0 Å². The Labute approximate surface area is 128 Å². The van der Waals surface area contributed by atoms with Crippen molar-refractivity contribution in [2.24, 2.45) is 0 Å². The minimum absolute atomic E-state index is 0.241. The third-order valence-electron chi connectivity index (χ3n) is 4.70. The van der Waals surface area contributed by atoms with Crippen LogP contribution in [-0.2, 0) is 11.2 Å². The minimum atomic E-state index is 0.241. The molecule has 3 heteroatoms. The molecule has 0 radical (unpaired) electrons. The van der Waals surface area contributed by atoms with Crippen molar-refractivity contribution in [1.82, 2.24) is 10.2 Å². The molecule has 1 saturated heterocycles. The molecule has 0 unspecified atom stereocenters. The third kappa shape index (κ3) is 4.29. The number of hydrogen-bond donors (Lipinski definition) is 1. The molecule has 116 valence electrons. The van der Waals surface area contributed by atoms with Gasteiger partial charge in [0, 0.05) is 6.54 Å². The SMILES string of the molecule is c1ccc2c(c1)CCO[C@@H]2CNCCCN1CCCCC1. The molecule has 3 rings (SSSR count). The molecule has 1 fully saturated rings. The fourth-order valence-corrected chi connectivity index (χ4v) is 3.49. The Morgan fingerprint density at radius 3 is 2.90 bits per heavy atom. The van der Waals surface area contributed by atoms with E-state index in [2.05, 4.69) is 34.5 Å². The van der Waals surface area contributed by atoms with Crippen LogP contribution in [0.25, 0.3) is 0 Å². The lowest BCUT2D eigenvalue weighted by Crippen LogP contribution is -2.33. The molecule has 2 heterocycles. The van der Waals surface area contributed by atoms with Crippen LogP contribution in [0.2, 0.25) is 0 Å². The number of ether oxygens (including phenoxy) is 1. The summed E-state index contributed by atoms with van der Waals surface area (Å²) >= 11 is 0. The van der Waals surface area contributed by atoms with E-state index in [9.17, 15) is 0 Å². The maximum absolute atomic E-state index is 5.93. The van der Waals surface area contributed by atoms with Gasteiger partial charge in [-0.15, -0.1) is 0 Å². The predicted octanol–water partition coefficient (Wildman–Crippen LogP) is 2.77. The quantitative estimate of drug-likeness (QED) is 0.815. The lowest BCUT2D eigenvalue weighted by molar-refractivity contribution is 0.0425. The molecule has 0 saturated carbocycles. The molecule has 1 aromatic rings. The standard InChI is InChI=1S/C18H28N2O/c1-4-11-20(12-5-1)13-6-10-19-15-18-17-8-3-2-7-16(17)9-14-21-18/h2-3,7-8,18-19H,1,4-6,9-15H2/t18-/m1/s1. The zero-order valence-corrected chi connectivity index (χ0v) is 13.0. The fraction of sp³-hybridized carbons (Fsp3) is 0.667. The molecule has 2 aliphatic rings. The van der Waals surface area contributed by atoms with Crippen molar-refractivity contribution in [2.45, 2.75) is 38.2 Å². The van der Waals surface area contributed by atoms with Gasteiger partial charge in [0.15, 0.2) is 0 Å². The first-order chi connectivity index (χ1) is 10.4. The summed E-state index contributed by atoms with van der Waals surface area (Å²) in [5.41, 5.74) is 2.84. The van der Waals surface area contributed by atoms with Crippen molar-refractivity contribution in [1.29, 1.82) is 0 Å². The van der Waals surface area contributed by atoms with E-state index in [0.29, 0.717) is 0 Å². The lowest BCUT2D eigenvalue weighted by atomic mass is 9.97. The van der Waals surface area contributed by atoms with Gasteiger partial charge in [0.2, 0.25) is 0 Å². The average Bonchev–Trinajstić information content (AvgIpc) is 2.56. The van der Waals surface area contributed by atoms with Crippen LogP contribution in [0.1, 0.15) is 42.9 Å². The number of piperidine rings is 1. The van der Waals surface area contributed by atoms with E-state index in [4.69, 9.17) is 4.74 Å². The molecule has 1 aromatic carbocycles. The molecule has 2 aliphatic heterocycles. The molecular formula is C18H28N2O. The smallest absolute Gasteiger partial charge is 0.0952 e. The Morgan fingerprint density at radius 1 is 1.14 bits per heavy atom. The lowest BCUT2D eigenvalue weighted by Gasteiger charge is -2.27. The van der Waals surface area contributed by atoms with Gasteiger partial charge in [0.05, 0.1) is 12.7 Å². The molecule has 21 heavy (non-hydrogen) atoms.